The summed E-state index contributed by atoms with van der Waals surface area (Å²) >= 11 is 6.67. The van der Waals surface area contributed by atoms with Crippen molar-refractivity contribution >= 4 is 54.1 Å². The fourth-order valence-electron chi connectivity index (χ4n) is 8.70. The van der Waals surface area contributed by atoms with Gasteiger partial charge in [0, 0.05) is 34.9 Å². The third kappa shape index (κ3) is 9.74. The molecule has 3 aromatic heterocycles. The number of sulfone groups is 1. The molecule has 0 saturated heterocycles. The average Bonchev–Trinajstić information content (AvgIpc) is 3.61. The molecule has 3 aliphatic rings. The molecule has 1 fully saturated rings. The second kappa shape index (κ2) is 17.2. The highest BCUT2D eigenvalue weighted by atomic mass is 35.5. The number of alkyl halides is 8. The number of pyridine rings is 1. The normalized spacial score (nSPS) is 17.6. The minimum Gasteiger partial charge on any atom is -0.346 e. The van der Waals surface area contributed by atoms with Crippen molar-refractivity contribution in [1.29, 1.82) is 0 Å². The molecular formula is C44H40ClF10N7O5S2. The molecule has 1 amide bonds. The topological polar surface area (TPSA) is 158 Å². The molecule has 0 spiro atoms. The third-order valence-corrected chi connectivity index (χ3v) is 16.5. The van der Waals surface area contributed by atoms with Gasteiger partial charge >= 0.3 is 12.4 Å². The molecule has 0 unspecified atom stereocenters. The Hall–Kier alpha value is -5.41. The van der Waals surface area contributed by atoms with E-state index in [1.54, 1.807) is 0 Å². The molecule has 12 nitrogen and oxygen atoms in total. The fraction of sp³-hybridized carbons (Fsp3) is 0.455. The molecule has 3 heterocycles. The molecule has 2 aromatic carbocycles. The fourth-order valence-corrected chi connectivity index (χ4v) is 10.5. The minimum absolute atomic E-state index is 0.0288. The van der Waals surface area contributed by atoms with Gasteiger partial charge in [0.15, 0.2) is 21.3 Å². The smallest absolute Gasteiger partial charge is 0.346 e. The summed E-state index contributed by atoms with van der Waals surface area (Å²) in [6, 6.07) is 3.12. The van der Waals surface area contributed by atoms with Crippen molar-refractivity contribution in [2.45, 2.75) is 113 Å². The van der Waals surface area contributed by atoms with Crippen molar-refractivity contribution in [3.8, 4) is 23.0 Å². The number of rotatable bonds is 12. The molecule has 25 heteroatoms. The first kappa shape index (κ1) is 50.0. The second-order valence-electron chi connectivity index (χ2n) is 18.0. The molecule has 69 heavy (non-hydrogen) atoms. The maximum atomic E-state index is 15.6. The number of hydrogen-bond donors (Lipinski definition) is 2. The number of nitrogens with one attached hydrogen (secondary N) is 2. The van der Waals surface area contributed by atoms with Gasteiger partial charge in [0.1, 0.15) is 40.9 Å². The summed E-state index contributed by atoms with van der Waals surface area (Å²) < 4.78 is 200. The van der Waals surface area contributed by atoms with E-state index >= 15 is 8.78 Å². The number of carbonyl (C=O) groups excluding carboxylic acids is 1. The number of nitrogens with zero attached hydrogens (tertiary/aromatic N) is 5. The van der Waals surface area contributed by atoms with Gasteiger partial charge in [0.25, 0.3) is 5.92 Å². The summed E-state index contributed by atoms with van der Waals surface area (Å²) in [5, 5.41) is 8.58. The van der Waals surface area contributed by atoms with Crippen LogP contribution in [0.5, 0.6) is 0 Å². The molecule has 370 valence electrons. The van der Waals surface area contributed by atoms with Crippen LogP contribution in [0.1, 0.15) is 91.1 Å². The number of amides is 1. The van der Waals surface area contributed by atoms with Gasteiger partial charge in [-0.1, -0.05) is 30.5 Å². The van der Waals surface area contributed by atoms with Crippen LogP contribution < -0.4 is 10.0 Å². The second-order valence-corrected chi connectivity index (χ2v) is 22.9. The molecule has 0 radical (unpaired) electrons. The number of sulfonamides is 1. The molecule has 0 aliphatic heterocycles. The molecule has 2 N–H and O–H groups in total. The Bertz CT molecular complexity index is 3230. The van der Waals surface area contributed by atoms with Crippen LogP contribution in [0.3, 0.4) is 0 Å². The van der Waals surface area contributed by atoms with Crippen LogP contribution in [-0.2, 0) is 75.5 Å². The Morgan fingerprint density at radius 2 is 1.61 bits per heavy atom. The van der Waals surface area contributed by atoms with E-state index in [0.29, 0.717) is 28.3 Å². The maximum Gasteiger partial charge on any atom is 0.435 e. The number of fused-ring (bicyclic) bond motifs is 3. The van der Waals surface area contributed by atoms with Crippen LogP contribution in [0.15, 0.2) is 30.3 Å². The molecule has 3 aliphatic carbocycles. The zero-order valence-electron chi connectivity index (χ0n) is 36.7. The number of benzene rings is 2. The Kier molecular flexibility index (Phi) is 12.4. The quantitative estimate of drug-likeness (QED) is 0.0928. The van der Waals surface area contributed by atoms with Crippen LogP contribution in [-0.4, -0.2) is 69.7 Å². The first-order valence-corrected chi connectivity index (χ1v) is 25.0. The van der Waals surface area contributed by atoms with Gasteiger partial charge in [-0.05, 0) is 99.6 Å². The van der Waals surface area contributed by atoms with Gasteiger partial charge in [-0.2, -0.15) is 45.3 Å². The largest absolute Gasteiger partial charge is 0.435 e. The molecule has 0 bridgehead atoms. The molecular weight excluding hydrogens is 996 g/mol. The van der Waals surface area contributed by atoms with Crippen molar-refractivity contribution in [3.63, 3.8) is 0 Å². The van der Waals surface area contributed by atoms with E-state index < -0.39 is 126 Å². The summed E-state index contributed by atoms with van der Waals surface area (Å²) in [4.78, 5) is 19.1. The zero-order valence-corrected chi connectivity index (χ0v) is 39.1. The van der Waals surface area contributed by atoms with Crippen molar-refractivity contribution < 1.29 is 65.5 Å². The number of carbonyl (C=O) groups is 1. The predicted octanol–water partition coefficient (Wildman–Crippen LogP) is 8.76. The van der Waals surface area contributed by atoms with Crippen LogP contribution in [0.2, 0.25) is 5.02 Å². The van der Waals surface area contributed by atoms with E-state index in [-0.39, 0.29) is 74.4 Å². The van der Waals surface area contributed by atoms with Gasteiger partial charge in [-0.25, -0.2) is 30.6 Å². The summed E-state index contributed by atoms with van der Waals surface area (Å²) in [6.45, 7) is 0.592. The Morgan fingerprint density at radius 3 is 2.22 bits per heavy atom. The SMILES string of the molecule is C[C@@H]1Cc2c(C(F)(F)F)nn(CC(=O)N[C@@H](Cc3cc(F)cc(F)c3)c3nc(C#CC(C)(C)S(C)(=O)=O)c4c(c3-c3ccc(Cl)c5c(NS(=O)(=O)C6CC6)nn(CC(F)(F)F)c35)CCC4)c2C1(F)F. The Balaban J connectivity index is 1.40. The van der Waals surface area contributed by atoms with Crippen molar-refractivity contribution in [1.82, 2.24) is 29.9 Å². The van der Waals surface area contributed by atoms with Crippen LogP contribution in [0, 0.1) is 29.4 Å². The Morgan fingerprint density at radius 1 is 0.957 bits per heavy atom. The number of aromatic nitrogens is 5. The van der Waals surface area contributed by atoms with E-state index in [9.17, 15) is 56.8 Å². The third-order valence-electron chi connectivity index (χ3n) is 12.4. The van der Waals surface area contributed by atoms with Crippen molar-refractivity contribution in [2.24, 2.45) is 5.92 Å². The van der Waals surface area contributed by atoms with Crippen LogP contribution in [0.4, 0.5) is 49.7 Å². The Labute approximate surface area is 393 Å². The highest BCUT2D eigenvalue weighted by molar-refractivity contribution is 7.93. The average molecular weight is 1040 g/mol. The standard InChI is InChI=1S/C44H40ClF10N7O5S2/c1-21-14-29-38(44(53,54)55)58-61(39(29)43(21,51)52)19-33(63)56-32(17-22-15-23(46)18-24(47)16-22)36-34(27-7-5-6-26(27)31(57-36)12-13-41(2,3)68(4,64)65)28-10-11-30(45)35-37(28)62(20-42(48,49)50)59-40(35)60-69(66,67)25-8-9-25/h10-11,15-16,18,21,25,32H,5-9,14,17,19-20H2,1-4H3,(H,56,63)(H,59,60)/t21-,32+/m1/s1. The first-order valence-electron chi connectivity index (χ1n) is 21.2. The molecule has 5 aromatic rings. The number of anilines is 1. The van der Waals surface area contributed by atoms with Crippen LogP contribution in [0.25, 0.3) is 22.0 Å². The number of hydrogen-bond acceptors (Lipinski definition) is 8. The summed E-state index contributed by atoms with van der Waals surface area (Å²) in [7, 11) is -8.05. The predicted molar refractivity (Wildman–Crippen MR) is 232 cm³/mol. The zero-order chi connectivity index (χ0) is 50.6. The van der Waals surface area contributed by atoms with Crippen LogP contribution >= 0.6 is 11.6 Å². The maximum absolute atomic E-state index is 15.6. The van der Waals surface area contributed by atoms with E-state index in [1.165, 1.54) is 26.0 Å². The molecule has 2 atom stereocenters. The molecule has 8 rings (SSSR count). The lowest BCUT2D eigenvalue weighted by atomic mass is 9.88. The van der Waals surface area contributed by atoms with E-state index in [2.05, 4.69) is 32.1 Å². The van der Waals surface area contributed by atoms with Gasteiger partial charge in [0.2, 0.25) is 15.9 Å². The summed E-state index contributed by atoms with van der Waals surface area (Å²) in [5.74, 6) is -4.03. The lowest BCUT2D eigenvalue weighted by Gasteiger charge is -2.25. The summed E-state index contributed by atoms with van der Waals surface area (Å²) in [5.41, 5.74) is -3.97. The van der Waals surface area contributed by atoms with Crippen molar-refractivity contribution in [2.75, 3.05) is 11.0 Å². The van der Waals surface area contributed by atoms with E-state index in [1.807, 2.05) is 0 Å². The van der Waals surface area contributed by atoms with Gasteiger partial charge < -0.3 is 5.32 Å². The van der Waals surface area contributed by atoms with Gasteiger partial charge in [-0.15, -0.1) is 0 Å². The van der Waals surface area contributed by atoms with E-state index in [0.717, 1.165) is 25.3 Å². The highest BCUT2D eigenvalue weighted by Gasteiger charge is 2.54. The van der Waals surface area contributed by atoms with Gasteiger partial charge in [0.05, 0.1) is 32.9 Å². The lowest BCUT2D eigenvalue weighted by Crippen LogP contribution is -2.35. The summed E-state index contributed by atoms with van der Waals surface area (Å²) in [6.07, 6.45) is -9.35. The van der Waals surface area contributed by atoms with Gasteiger partial charge in [-0.3, -0.25) is 18.9 Å². The molecule has 1 saturated carbocycles. The lowest BCUT2D eigenvalue weighted by molar-refractivity contribution is -0.143. The van der Waals surface area contributed by atoms with Crippen molar-refractivity contribution in [3.05, 3.63) is 92.0 Å². The monoisotopic (exact) mass is 1040 g/mol. The minimum atomic E-state index is -5.21. The first-order chi connectivity index (χ1) is 31.9. The highest BCUT2D eigenvalue weighted by Crippen LogP contribution is 2.50. The van der Waals surface area contributed by atoms with E-state index in [4.69, 9.17) is 16.6 Å². The number of halogens is 11.